The van der Waals surface area contributed by atoms with Crippen LogP contribution in [-0.4, -0.2) is 12.1 Å². The summed E-state index contributed by atoms with van der Waals surface area (Å²) >= 11 is 5.72. The predicted octanol–water partition coefficient (Wildman–Crippen LogP) is 3.30. The average molecular weight is 322 g/mol. The molecule has 0 aliphatic heterocycles. The SMILES string of the molecule is CC(C)NC(=O)Nc1ccc(Oc2cc[n+]([O-])c(Cl)c2)cc1. The first-order chi connectivity index (χ1) is 10.4. The molecule has 0 fully saturated rings. The van der Waals surface area contributed by atoms with Gasteiger partial charge in [-0.05, 0) is 49.7 Å². The van der Waals surface area contributed by atoms with Gasteiger partial charge in [0.2, 0.25) is 0 Å². The Labute approximate surface area is 133 Å². The lowest BCUT2D eigenvalue weighted by Gasteiger charge is -2.11. The van der Waals surface area contributed by atoms with Gasteiger partial charge in [0.1, 0.15) is 11.5 Å². The van der Waals surface area contributed by atoms with Crippen LogP contribution in [0.25, 0.3) is 0 Å². The van der Waals surface area contributed by atoms with Crippen molar-refractivity contribution in [2.75, 3.05) is 5.32 Å². The topological polar surface area (TPSA) is 77.3 Å². The molecule has 2 rings (SSSR count). The van der Waals surface area contributed by atoms with Crippen LogP contribution in [0.1, 0.15) is 13.8 Å². The maximum atomic E-state index is 11.6. The van der Waals surface area contributed by atoms with E-state index in [1.54, 1.807) is 24.3 Å². The van der Waals surface area contributed by atoms with Crippen LogP contribution in [0.5, 0.6) is 11.5 Å². The molecule has 6 nitrogen and oxygen atoms in total. The van der Waals surface area contributed by atoms with Crippen LogP contribution in [0.3, 0.4) is 0 Å². The van der Waals surface area contributed by atoms with E-state index in [1.165, 1.54) is 18.3 Å². The van der Waals surface area contributed by atoms with Gasteiger partial charge in [-0.25, -0.2) is 4.79 Å². The minimum Gasteiger partial charge on any atom is -0.618 e. The van der Waals surface area contributed by atoms with Crippen LogP contribution < -0.4 is 20.1 Å². The summed E-state index contributed by atoms with van der Waals surface area (Å²) in [5, 5.41) is 16.6. The number of anilines is 1. The lowest BCUT2D eigenvalue weighted by Crippen LogP contribution is -2.34. The summed E-state index contributed by atoms with van der Waals surface area (Å²) in [4.78, 5) is 11.6. The van der Waals surface area contributed by atoms with E-state index < -0.39 is 0 Å². The summed E-state index contributed by atoms with van der Waals surface area (Å²) in [6.45, 7) is 3.76. The van der Waals surface area contributed by atoms with Crippen molar-refractivity contribution >= 4 is 23.3 Å². The molecule has 1 heterocycles. The number of halogens is 1. The molecule has 0 bridgehead atoms. The molecule has 116 valence electrons. The number of rotatable bonds is 4. The van der Waals surface area contributed by atoms with Gasteiger partial charge in [-0.2, -0.15) is 4.73 Å². The Bertz CT molecular complexity index is 660. The largest absolute Gasteiger partial charge is 0.618 e. The Hall–Kier alpha value is -2.47. The van der Waals surface area contributed by atoms with Crippen molar-refractivity contribution in [3.05, 3.63) is 53.0 Å². The average Bonchev–Trinajstić information content (AvgIpc) is 2.44. The summed E-state index contributed by atoms with van der Waals surface area (Å²) in [6, 6.07) is 9.58. The molecule has 2 aromatic rings. The Morgan fingerprint density at radius 3 is 2.50 bits per heavy atom. The standard InChI is InChI=1S/C15H16ClN3O3/c1-10(2)17-15(20)18-11-3-5-12(6-4-11)22-13-7-8-19(21)14(16)9-13/h3-10H,1-2H3,(H2,17,18,20). The van der Waals surface area contributed by atoms with Gasteiger partial charge in [0.25, 0.3) is 5.15 Å². The fourth-order valence-electron chi connectivity index (χ4n) is 1.68. The summed E-state index contributed by atoms with van der Waals surface area (Å²) in [5.41, 5.74) is 0.647. The lowest BCUT2D eigenvalue weighted by molar-refractivity contribution is -0.603. The fraction of sp³-hybridized carbons (Fsp3) is 0.200. The van der Waals surface area contributed by atoms with Crippen molar-refractivity contribution < 1.29 is 14.3 Å². The minimum atomic E-state index is -0.265. The zero-order valence-electron chi connectivity index (χ0n) is 12.2. The molecule has 0 atom stereocenters. The maximum Gasteiger partial charge on any atom is 0.319 e. The van der Waals surface area contributed by atoms with Gasteiger partial charge < -0.3 is 20.6 Å². The highest BCUT2D eigenvalue weighted by Gasteiger charge is 2.06. The number of ether oxygens (including phenoxy) is 1. The number of urea groups is 1. The number of carbonyl (C=O) groups excluding carboxylic acids is 1. The van der Waals surface area contributed by atoms with E-state index in [9.17, 15) is 10.0 Å². The number of nitrogens with one attached hydrogen (secondary N) is 2. The Kier molecular flexibility index (Phi) is 5.06. The van der Waals surface area contributed by atoms with Gasteiger partial charge in [0, 0.05) is 17.8 Å². The minimum absolute atomic E-state index is 0.0288. The quantitative estimate of drug-likeness (QED) is 0.515. The molecular weight excluding hydrogens is 306 g/mol. The number of nitrogens with zero attached hydrogens (tertiary/aromatic N) is 1. The highest BCUT2D eigenvalue weighted by Crippen LogP contribution is 2.23. The highest BCUT2D eigenvalue weighted by molar-refractivity contribution is 6.28. The van der Waals surface area contributed by atoms with Crippen molar-refractivity contribution in [2.45, 2.75) is 19.9 Å². The molecule has 0 unspecified atom stereocenters. The second-order valence-corrected chi connectivity index (χ2v) is 5.28. The number of aromatic nitrogens is 1. The second kappa shape index (κ2) is 7.00. The summed E-state index contributed by atoms with van der Waals surface area (Å²) in [6.07, 6.45) is 1.27. The summed E-state index contributed by atoms with van der Waals surface area (Å²) < 4.78 is 6.11. The first-order valence-electron chi connectivity index (χ1n) is 6.68. The third-order valence-electron chi connectivity index (χ3n) is 2.61. The molecule has 1 aromatic carbocycles. The van der Waals surface area contributed by atoms with Crippen LogP contribution in [0.15, 0.2) is 42.6 Å². The zero-order chi connectivity index (χ0) is 16.1. The van der Waals surface area contributed by atoms with Crippen LogP contribution in [0.4, 0.5) is 10.5 Å². The van der Waals surface area contributed by atoms with E-state index in [2.05, 4.69) is 10.6 Å². The first-order valence-corrected chi connectivity index (χ1v) is 7.06. The van der Waals surface area contributed by atoms with Gasteiger partial charge in [0.15, 0.2) is 6.20 Å². The number of hydrogen-bond acceptors (Lipinski definition) is 3. The smallest absolute Gasteiger partial charge is 0.319 e. The molecule has 7 heteroatoms. The maximum absolute atomic E-state index is 11.6. The summed E-state index contributed by atoms with van der Waals surface area (Å²) in [7, 11) is 0. The molecule has 0 saturated heterocycles. The van der Waals surface area contributed by atoms with Gasteiger partial charge >= 0.3 is 6.03 Å². The third kappa shape index (κ3) is 4.53. The van der Waals surface area contributed by atoms with E-state index in [-0.39, 0.29) is 17.2 Å². The molecule has 0 radical (unpaired) electrons. The van der Waals surface area contributed by atoms with E-state index in [0.29, 0.717) is 21.9 Å². The van der Waals surface area contributed by atoms with Crippen LogP contribution in [0.2, 0.25) is 5.15 Å². The fourth-order valence-corrected chi connectivity index (χ4v) is 1.84. The van der Waals surface area contributed by atoms with Crippen LogP contribution in [-0.2, 0) is 0 Å². The first kappa shape index (κ1) is 15.9. The van der Waals surface area contributed by atoms with Crippen molar-refractivity contribution in [3.8, 4) is 11.5 Å². The van der Waals surface area contributed by atoms with E-state index in [1.807, 2.05) is 13.8 Å². The van der Waals surface area contributed by atoms with Crippen LogP contribution >= 0.6 is 11.6 Å². The van der Waals surface area contributed by atoms with Crippen molar-refractivity contribution in [1.29, 1.82) is 0 Å². The molecule has 1 aromatic heterocycles. The number of hydrogen-bond donors (Lipinski definition) is 2. The monoisotopic (exact) mass is 321 g/mol. The second-order valence-electron chi connectivity index (χ2n) is 4.89. The van der Waals surface area contributed by atoms with Crippen LogP contribution in [0, 0.1) is 5.21 Å². The summed E-state index contributed by atoms with van der Waals surface area (Å²) in [5.74, 6) is 1.02. The molecule has 2 N–H and O–H groups in total. The van der Waals surface area contributed by atoms with Crippen molar-refractivity contribution in [3.63, 3.8) is 0 Å². The van der Waals surface area contributed by atoms with Crippen molar-refractivity contribution in [1.82, 2.24) is 5.32 Å². The molecule has 0 spiro atoms. The van der Waals surface area contributed by atoms with Gasteiger partial charge in [-0.15, -0.1) is 0 Å². The number of benzene rings is 1. The molecule has 2 amide bonds. The highest BCUT2D eigenvalue weighted by atomic mass is 35.5. The molecule has 0 aliphatic rings. The van der Waals surface area contributed by atoms with Gasteiger partial charge in [-0.1, -0.05) is 0 Å². The third-order valence-corrected chi connectivity index (χ3v) is 2.89. The Morgan fingerprint density at radius 2 is 1.91 bits per heavy atom. The molecule has 22 heavy (non-hydrogen) atoms. The lowest BCUT2D eigenvalue weighted by atomic mass is 10.3. The zero-order valence-corrected chi connectivity index (χ0v) is 12.9. The van der Waals surface area contributed by atoms with Crippen molar-refractivity contribution in [2.24, 2.45) is 0 Å². The number of amides is 2. The molecule has 0 aliphatic carbocycles. The van der Waals surface area contributed by atoms with E-state index in [0.717, 1.165) is 0 Å². The van der Waals surface area contributed by atoms with E-state index in [4.69, 9.17) is 16.3 Å². The predicted molar refractivity (Wildman–Crippen MR) is 84.2 cm³/mol. The normalized spacial score (nSPS) is 10.4. The van der Waals surface area contributed by atoms with Gasteiger partial charge in [0.05, 0.1) is 6.07 Å². The molecular formula is C15H16ClN3O3. The Balaban J connectivity index is 1.99. The number of pyridine rings is 1. The van der Waals surface area contributed by atoms with E-state index >= 15 is 0 Å². The number of carbonyl (C=O) groups is 1. The Morgan fingerprint density at radius 1 is 1.23 bits per heavy atom. The molecule has 0 saturated carbocycles. The van der Waals surface area contributed by atoms with Gasteiger partial charge in [-0.3, -0.25) is 0 Å².